The lowest BCUT2D eigenvalue weighted by atomic mass is 10.2. The van der Waals surface area contributed by atoms with E-state index in [4.69, 9.17) is 5.26 Å². The van der Waals surface area contributed by atoms with Gasteiger partial charge in [-0.25, -0.2) is 0 Å². The fourth-order valence-corrected chi connectivity index (χ4v) is 0.969. The highest BCUT2D eigenvalue weighted by Crippen LogP contribution is 2.03. The minimum atomic E-state index is -0.597. The summed E-state index contributed by atoms with van der Waals surface area (Å²) in [6.45, 7) is 1.17. The minimum absolute atomic E-state index is 0.323. The number of carbonyl (C=O) groups is 2. The predicted octanol–water partition coefficient (Wildman–Crippen LogP) is 1.16. The number of amides is 2. The number of benzene rings is 1. The van der Waals surface area contributed by atoms with E-state index in [0.717, 1.165) is 0 Å². The molecular weight excluding hydrogens is 180 g/mol. The molecule has 14 heavy (non-hydrogen) atoms. The third-order valence-corrected chi connectivity index (χ3v) is 1.64. The highest BCUT2D eigenvalue weighted by Gasteiger charge is 2.18. The molecule has 0 aliphatic rings. The monoisotopic (exact) mass is 188 g/mol. The Morgan fingerprint density at radius 1 is 1.29 bits per heavy atom. The van der Waals surface area contributed by atoms with Crippen molar-refractivity contribution in [3.63, 3.8) is 0 Å². The van der Waals surface area contributed by atoms with Crippen molar-refractivity contribution < 1.29 is 9.59 Å². The summed E-state index contributed by atoms with van der Waals surface area (Å²) in [6.07, 6.45) is 1.53. The smallest absolute Gasteiger partial charge is 0.273 e. The van der Waals surface area contributed by atoms with Crippen LogP contribution in [0.3, 0.4) is 0 Å². The first-order valence-corrected chi connectivity index (χ1v) is 3.96. The SMILES string of the molecule is CC(=O)N(C#N)C(=O)c1ccccc1. The average molecular weight is 188 g/mol. The molecule has 0 saturated heterocycles. The van der Waals surface area contributed by atoms with Gasteiger partial charge in [-0.15, -0.1) is 0 Å². The predicted molar refractivity (Wildman–Crippen MR) is 48.9 cm³/mol. The number of hydrogen-bond acceptors (Lipinski definition) is 3. The van der Waals surface area contributed by atoms with Gasteiger partial charge in [-0.3, -0.25) is 9.59 Å². The largest absolute Gasteiger partial charge is 0.274 e. The molecule has 2 amide bonds. The molecule has 70 valence electrons. The maximum absolute atomic E-state index is 11.5. The molecule has 0 N–H and O–H groups in total. The van der Waals surface area contributed by atoms with Crippen LogP contribution in [0.5, 0.6) is 0 Å². The average Bonchev–Trinajstić information content (AvgIpc) is 2.19. The molecule has 0 aliphatic carbocycles. The van der Waals surface area contributed by atoms with E-state index in [1.54, 1.807) is 30.3 Å². The van der Waals surface area contributed by atoms with Gasteiger partial charge in [0.2, 0.25) is 5.91 Å². The summed E-state index contributed by atoms with van der Waals surface area (Å²) in [5.41, 5.74) is 0.323. The molecule has 0 saturated carbocycles. The van der Waals surface area contributed by atoms with Crippen LogP contribution in [0.15, 0.2) is 30.3 Å². The van der Waals surface area contributed by atoms with E-state index in [-0.39, 0.29) is 0 Å². The summed E-state index contributed by atoms with van der Waals surface area (Å²) in [7, 11) is 0. The number of carbonyl (C=O) groups excluding carboxylic acids is 2. The standard InChI is InChI=1S/C10H8N2O2/c1-8(13)12(7-11)10(14)9-5-3-2-4-6-9/h2-6H,1H3. The van der Waals surface area contributed by atoms with Gasteiger partial charge in [0.05, 0.1) is 0 Å². The zero-order valence-corrected chi connectivity index (χ0v) is 7.60. The van der Waals surface area contributed by atoms with E-state index in [9.17, 15) is 9.59 Å². The zero-order chi connectivity index (χ0) is 10.6. The molecule has 0 atom stereocenters. The van der Waals surface area contributed by atoms with Gasteiger partial charge in [0, 0.05) is 12.5 Å². The summed E-state index contributed by atoms with van der Waals surface area (Å²) in [6, 6.07) is 8.19. The van der Waals surface area contributed by atoms with Crippen LogP contribution in [-0.4, -0.2) is 16.7 Å². The molecule has 4 heteroatoms. The molecule has 0 spiro atoms. The van der Waals surface area contributed by atoms with Crippen molar-refractivity contribution >= 4 is 11.8 Å². The Morgan fingerprint density at radius 2 is 1.86 bits per heavy atom. The summed E-state index contributed by atoms with van der Waals surface area (Å²) >= 11 is 0. The van der Waals surface area contributed by atoms with Crippen LogP contribution in [0.1, 0.15) is 17.3 Å². The molecule has 1 aromatic rings. The molecular formula is C10H8N2O2. The maximum Gasteiger partial charge on any atom is 0.273 e. The molecule has 1 rings (SSSR count). The lowest BCUT2D eigenvalue weighted by Crippen LogP contribution is -2.30. The van der Waals surface area contributed by atoms with Crippen LogP contribution in [0.25, 0.3) is 0 Å². The Labute approximate surface area is 81.4 Å². The Bertz CT molecular complexity index is 392. The van der Waals surface area contributed by atoms with Crippen molar-refractivity contribution in [1.29, 1.82) is 5.26 Å². The van der Waals surface area contributed by atoms with Crippen LogP contribution in [0, 0.1) is 11.5 Å². The van der Waals surface area contributed by atoms with Crippen LogP contribution < -0.4 is 0 Å². The van der Waals surface area contributed by atoms with Gasteiger partial charge in [-0.2, -0.15) is 10.2 Å². The van der Waals surface area contributed by atoms with E-state index in [1.165, 1.54) is 13.1 Å². The summed E-state index contributed by atoms with van der Waals surface area (Å²) < 4.78 is 0. The number of imide groups is 1. The summed E-state index contributed by atoms with van der Waals surface area (Å²) in [5, 5.41) is 8.56. The lowest BCUT2D eigenvalue weighted by Gasteiger charge is -2.08. The van der Waals surface area contributed by atoms with Crippen molar-refractivity contribution in [3.8, 4) is 6.19 Å². The topological polar surface area (TPSA) is 61.2 Å². The van der Waals surface area contributed by atoms with Gasteiger partial charge >= 0.3 is 0 Å². The third-order valence-electron chi connectivity index (χ3n) is 1.64. The molecule has 0 aromatic heterocycles. The Balaban J connectivity index is 2.97. The van der Waals surface area contributed by atoms with Gasteiger partial charge in [-0.05, 0) is 12.1 Å². The second-order valence-corrected chi connectivity index (χ2v) is 2.63. The van der Waals surface area contributed by atoms with Crippen LogP contribution in [-0.2, 0) is 4.79 Å². The van der Waals surface area contributed by atoms with Crippen molar-refractivity contribution in [3.05, 3.63) is 35.9 Å². The van der Waals surface area contributed by atoms with Crippen molar-refractivity contribution in [2.75, 3.05) is 0 Å². The first-order chi connectivity index (χ1) is 6.66. The Kier molecular flexibility index (Phi) is 2.97. The number of rotatable bonds is 1. The number of nitriles is 1. The van der Waals surface area contributed by atoms with Crippen molar-refractivity contribution in [1.82, 2.24) is 4.90 Å². The third kappa shape index (κ3) is 1.96. The normalized spacial score (nSPS) is 8.86. The Morgan fingerprint density at radius 3 is 2.29 bits per heavy atom. The second-order valence-electron chi connectivity index (χ2n) is 2.63. The maximum atomic E-state index is 11.5. The summed E-state index contributed by atoms with van der Waals surface area (Å²) in [5.74, 6) is -1.18. The van der Waals surface area contributed by atoms with Gasteiger partial charge in [0.1, 0.15) is 0 Å². The number of nitrogens with zero attached hydrogens (tertiary/aromatic N) is 2. The van der Waals surface area contributed by atoms with Gasteiger partial charge in [-0.1, -0.05) is 18.2 Å². The molecule has 0 radical (unpaired) electrons. The highest BCUT2D eigenvalue weighted by molar-refractivity contribution is 6.05. The number of hydrogen-bond donors (Lipinski definition) is 0. The first kappa shape index (κ1) is 9.93. The fourth-order valence-electron chi connectivity index (χ4n) is 0.969. The molecule has 0 unspecified atom stereocenters. The molecule has 0 aliphatic heterocycles. The van der Waals surface area contributed by atoms with E-state index >= 15 is 0 Å². The van der Waals surface area contributed by atoms with Gasteiger partial charge < -0.3 is 0 Å². The quantitative estimate of drug-likeness (QED) is 0.490. The molecule has 0 bridgehead atoms. The van der Waals surface area contributed by atoms with E-state index in [2.05, 4.69) is 0 Å². The first-order valence-electron chi connectivity index (χ1n) is 3.96. The molecule has 4 nitrogen and oxygen atoms in total. The molecule has 1 aromatic carbocycles. The molecule has 0 fully saturated rings. The van der Waals surface area contributed by atoms with E-state index in [1.807, 2.05) is 0 Å². The van der Waals surface area contributed by atoms with E-state index < -0.39 is 11.8 Å². The highest BCUT2D eigenvalue weighted by atomic mass is 16.2. The van der Waals surface area contributed by atoms with Crippen molar-refractivity contribution in [2.24, 2.45) is 0 Å². The second kappa shape index (κ2) is 4.19. The van der Waals surface area contributed by atoms with Gasteiger partial charge in [0.25, 0.3) is 5.91 Å². The minimum Gasteiger partial charge on any atom is -0.274 e. The zero-order valence-electron chi connectivity index (χ0n) is 7.60. The fraction of sp³-hybridized carbons (Fsp3) is 0.100. The van der Waals surface area contributed by atoms with Gasteiger partial charge in [0.15, 0.2) is 6.19 Å². The van der Waals surface area contributed by atoms with E-state index in [0.29, 0.717) is 10.5 Å². The van der Waals surface area contributed by atoms with Crippen LogP contribution >= 0.6 is 0 Å². The van der Waals surface area contributed by atoms with Crippen LogP contribution in [0.2, 0.25) is 0 Å². The lowest BCUT2D eigenvalue weighted by molar-refractivity contribution is -0.123. The van der Waals surface area contributed by atoms with Crippen molar-refractivity contribution in [2.45, 2.75) is 6.92 Å². The van der Waals surface area contributed by atoms with Crippen LogP contribution in [0.4, 0.5) is 0 Å². The summed E-state index contributed by atoms with van der Waals surface area (Å²) in [4.78, 5) is 22.9. The molecule has 0 heterocycles. The Hall–Kier alpha value is -2.15.